The third-order valence-electron chi connectivity index (χ3n) is 3.42. The van der Waals surface area contributed by atoms with Crippen molar-refractivity contribution in [3.05, 3.63) is 47.2 Å². The highest BCUT2D eigenvalue weighted by atomic mass is 32.2. The lowest BCUT2D eigenvalue weighted by molar-refractivity contribution is 0.510. The number of nitrogens with one attached hydrogen (secondary N) is 1. The molecule has 4 rings (SSSR count). The third kappa shape index (κ3) is 2.89. The first-order valence-corrected chi connectivity index (χ1v) is 8.95. The lowest BCUT2D eigenvalue weighted by atomic mass is 10.2. The van der Waals surface area contributed by atoms with Gasteiger partial charge in [0.2, 0.25) is 5.89 Å². The van der Waals surface area contributed by atoms with Gasteiger partial charge in [-0.15, -0.1) is 21.5 Å². The van der Waals surface area contributed by atoms with Crippen LogP contribution in [0.1, 0.15) is 23.6 Å². The van der Waals surface area contributed by atoms with Gasteiger partial charge in [0.05, 0.1) is 21.2 Å². The number of thiophene rings is 1. The summed E-state index contributed by atoms with van der Waals surface area (Å²) in [5.41, 5.74) is 3.22. The quantitative estimate of drug-likeness (QED) is 0.538. The van der Waals surface area contributed by atoms with E-state index in [0.717, 1.165) is 21.1 Å². The Hall–Kier alpha value is -2.12. The minimum absolute atomic E-state index is 0.0258. The Morgan fingerprint density at radius 2 is 2.17 bits per heavy atom. The van der Waals surface area contributed by atoms with Gasteiger partial charge < -0.3 is 9.40 Å². The summed E-state index contributed by atoms with van der Waals surface area (Å²) in [6, 6.07) is 10.1. The van der Waals surface area contributed by atoms with E-state index in [0.29, 0.717) is 11.8 Å². The maximum absolute atomic E-state index is 5.78. The van der Waals surface area contributed by atoms with E-state index in [-0.39, 0.29) is 5.25 Å². The van der Waals surface area contributed by atoms with E-state index >= 15 is 0 Å². The Morgan fingerprint density at radius 1 is 1.26 bits per heavy atom. The molecule has 0 aliphatic heterocycles. The summed E-state index contributed by atoms with van der Waals surface area (Å²) in [5, 5.41) is 11.2. The maximum Gasteiger partial charge on any atom is 0.257 e. The monoisotopic (exact) mass is 342 g/mol. The number of nitrogens with zero attached hydrogens (tertiary/aromatic N) is 3. The average Bonchev–Trinajstić information content (AvgIpc) is 3.26. The molecular formula is C16H14N4OS2. The van der Waals surface area contributed by atoms with E-state index in [1.165, 1.54) is 5.56 Å². The van der Waals surface area contributed by atoms with Crippen molar-refractivity contribution in [2.45, 2.75) is 24.3 Å². The smallest absolute Gasteiger partial charge is 0.257 e. The molecule has 0 amide bonds. The summed E-state index contributed by atoms with van der Waals surface area (Å²) in [6.45, 7) is 4.11. The van der Waals surface area contributed by atoms with Crippen LogP contribution in [0.15, 0.2) is 45.3 Å². The van der Waals surface area contributed by atoms with Gasteiger partial charge in [0.1, 0.15) is 0 Å². The van der Waals surface area contributed by atoms with Crippen LogP contribution in [0.2, 0.25) is 0 Å². The molecule has 1 atom stereocenters. The predicted molar refractivity (Wildman–Crippen MR) is 92.7 cm³/mol. The molecule has 3 heterocycles. The highest BCUT2D eigenvalue weighted by Gasteiger charge is 2.18. The molecule has 0 aliphatic rings. The fourth-order valence-electron chi connectivity index (χ4n) is 2.27. The third-order valence-corrected chi connectivity index (χ3v) is 5.25. The molecule has 0 aliphatic carbocycles. The standard InChI is InChI=1S/C16H14N4OS2/c1-9-5-6-11-12(8-9)18-16(17-11)23-10(2)14-19-20-15(21-14)13-4-3-7-22-13/h3-8,10H,1-2H3,(H,17,18)/t10-/m0/s1. The van der Waals surface area contributed by atoms with Crippen molar-refractivity contribution in [1.29, 1.82) is 0 Å². The second kappa shape index (κ2) is 5.82. The minimum atomic E-state index is 0.0258. The molecule has 1 aromatic carbocycles. The van der Waals surface area contributed by atoms with Crippen molar-refractivity contribution in [3.8, 4) is 10.8 Å². The number of aryl methyl sites for hydroxylation is 1. The molecule has 5 nitrogen and oxygen atoms in total. The van der Waals surface area contributed by atoms with E-state index in [4.69, 9.17) is 4.42 Å². The van der Waals surface area contributed by atoms with Crippen LogP contribution in [-0.2, 0) is 0 Å². The van der Waals surface area contributed by atoms with Crippen LogP contribution >= 0.6 is 23.1 Å². The number of aromatic nitrogens is 4. The lowest BCUT2D eigenvalue weighted by Gasteiger charge is -2.02. The number of thioether (sulfide) groups is 1. The SMILES string of the molecule is Cc1ccc2nc(S[C@@H](C)c3nnc(-c4cccs4)o3)[nH]c2c1. The van der Waals surface area contributed by atoms with Crippen molar-refractivity contribution in [1.82, 2.24) is 20.2 Å². The van der Waals surface area contributed by atoms with Gasteiger partial charge in [-0.05, 0) is 43.0 Å². The van der Waals surface area contributed by atoms with Crippen molar-refractivity contribution in [3.63, 3.8) is 0 Å². The van der Waals surface area contributed by atoms with Crippen LogP contribution in [-0.4, -0.2) is 20.2 Å². The van der Waals surface area contributed by atoms with Crippen LogP contribution in [0.5, 0.6) is 0 Å². The zero-order valence-corrected chi connectivity index (χ0v) is 14.2. The number of benzene rings is 1. The van der Waals surface area contributed by atoms with Crippen LogP contribution < -0.4 is 0 Å². The molecule has 7 heteroatoms. The molecule has 23 heavy (non-hydrogen) atoms. The Morgan fingerprint density at radius 3 is 3.00 bits per heavy atom. The fraction of sp³-hybridized carbons (Fsp3) is 0.188. The number of hydrogen-bond acceptors (Lipinski definition) is 6. The summed E-state index contributed by atoms with van der Waals surface area (Å²) in [6.07, 6.45) is 0. The molecule has 1 N–H and O–H groups in total. The highest BCUT2D eigenvalue weighted by molar-refractivity contribution is 7.99. The highest BCUT2D eigenvalue weighted by Crippen LogP contribution is 2.35. The summed E-state index contributed by atoms with van der Waals surface area (Å²) in [4.78, 5) is 8.92. The largest absolute Gasteiger partial charge is 0.419 e. The number of rotatable bonds is 4. The molecule has 0 saturated heterocycles. The second-order valence-electron chi connectivity index (χ2n) is 5.25. The number of H-pyrrole nitrogens is 1. The zero-order chi connectivity index (χ0) is 15.8. The average molecular weight is 342 g/mol. The summed E-state index contributed by atoms with van der Waals surface area (Å²) in [7, 11) is 0. The molecule has 0 unspecified atom stereocenters. The van der Waals surface area contributed by atoms with Gasteiger partial charge in [0, 0.05) is 0 Å². The molecule has 0 saturated carbocycles. The van der Waals surface area contributed by atoms with Crippen LogP contribution in [0.3, 0.4) is 0 Å². The number of fused-ring (bicyclic) bond motifs is 1. The Bertz CT molecular complexity index is 942. The van der Waals surface area contributed by atoms with E-state index in [2.05, 4.69) is 39.2 Å². The zero-order valence-electron chi connectivity index (χ0n) is 12.6. The molecule has 0 radical (unpaired) electrons. The van der Waals surface area contributed by atoms with E-state index in [1.807, 2.05) is 30.5 Å². The van der Waals surface area contributed by atoms with Gasteiger partial charge in [-0.1, -0.05) is 23.9 Å². The Kier molecular flexibility index (Phi) is 3.66. The topological polar surface area (TPSA) is 67.6 Å². The second-order valence-corrected chi connectivity index (χ2v) is 7.52. The Labute approximate surface area is 141 Å². The van der Waals surface area contributed by atoms with Crippen molar-refractivity contribution in [2.75, 3.05) is 0 Å². The van der Waals surface area contributed by atoms with Gasteiger partial charge in [-0.2, -0.15) is 0 Å². The van der Waals surface area contributed by atoms with Crippen molar-refractivity contribution in [2.24, 2.45) is 0 Å². The van der Waals surface area contributed by atoms with Gasteiger partial charge in [-0.3, -0.25) is 0 Å². The van der Waals surface area contributed by atoms with Crippen LogP contribution in [0.25, 0.3) is 21.8 Å². The van der Waals surface area contributed by atoms with Crippen LogP contribution in [0.4, 0.5) is 0 Å². The van der Waals surface area contributed by atoms with Crippen molar-refractivity contribution < 1.29 is 4.42 Å². The predicted octanol–water partition coefficient (Wildman–Crippen LogP) is 4.84. The van der Waals surface area contributed by atoms with Gasteiger partial charge in [-0.25, -0.2) is 4.98 Å². The maximum atomic E-state index is 5.78. The molecular weight excluding hydrogens is 328 g/mol. The molecule has 0 fully saturated rings. The Balaban J connectivity index is 1.55. The molecule has 4 aromatic rings. The first kappa shape index (κ1) is 14.5. The summed E-state index contributed by atoms with van der Waals surface area (Å²) < 4.78 is 5.78. The van der Waals surface area contributed by atoms with Gasteiger partial charge >= 0.3 is 0 Å². The van der Waals surface area contributed by atoms with Crippen LogP contribution in [0, 0.1) is 6.92 Å². The normalized spacial score (nSPS) is 12.8. The van der Waals surface area contributed by atoms with Gasteiger partial charge in [0.15, 0.2) is 5.16 Å². The van der Waals surface area contributed by atoms with Gasteiger partial charge in [0.25, 0.3) is 5.89 Å². The molecule has 116 valence electrons. The first-order chi connectivity index (χ1) is 11.2. The minimum Gasteiger partial charge on any atom is -0.419 e. The van der Waals surface area contributed by atoms with E-state index < -0.39 is 0 Å². The van der Waals surface area contributed by atoms with E-state index in [1.54, 1.807) is 23.1 Å². The summed E-state index contributed by atoms with van der Waals surface area (Å²) in [5.74, 6) is 1.18. The summed E-state index contributed by atoms with van der Waals surface area (Å²) >= 11 is 3.17. The lowest BCUT2D eigenvalue weighted by Crippen LogP contribution is -1.89. The number of hydrogen-bond donors (Lipinski definition) is 1. The molecule has 0 spiro atoms. The molecule has 3 aromatic heterocycles. The fourth-order valence-corrected chi connectivity index (χ4v) is 3.77. The van der Waals surface area contributed by atoms with E-state index in [9.17, 15) is 0 Å². The number of imidazole rings is 1. The van der Waals surface area contributed by atoms with Crippen molar-refractivity contribution >= 4 is 34.1 Å². The number of aromatic amines is 1. The first-order valence-electron chi connectivity index (χ1n) is 7.19. The molecule has 0 bridgehead atoms.